The van der Waals surface area contributed by atoms with Gasteiger partial charge in [-0.1, -0.05) is 337 Å². The van der Waals surface area contributed by atoms with E-state index in [9.17, 15) is 0 Å². The van der Waals surface area contributed by atoms with Crippen LogP contribution >= 0.6 is 0 Å². The summed E-state index contributed by atoms with van der Waals surface area (Å²) in [6.07, 6.45) is 2.23. The van der Waals surface area contributed by atoms with Crippen molar-refractivity contribution in [1.29, 1.82) is 0 Å². The summed E-state index contributed by atoms with van der Waals surface area (Å²) >= 11 is 0. The number of para-hydroxylation sites is 2. The Labute approximate surface area is 716 Å². The van der Waals surface area contributed by atoms with E-state index < -0.39 is 10.8 Å². The quantitative estimate of drug-likeness (QED) is 0.0855. The minimum absolute atomic E-state index is 0.0259. The lowest BCUT2D eigenvalue weighted by atomic mass is 9.67. The van der Waals surface area contributed by atoms with Crippen LogP contribution in [0, 0.1) is 6.92 Å². The molecule has 4 aliphatic rings. The van der Waals surface area contributed by atoms with Gasteiger partial charge in [-0.3, -0.25) is 0 Å². The Morgan fingerprint density at radius 3 is 0.860 bits per heavy atom. The minimum Gasteiger partial charge on any atom is -0.457 e. The normalized spacial score (nSPS) is 16.1. The number of hydrogen-bond donors (Lipinski definition) is 0. The fourth-order valence-corrected chi connectivity index (χ4v) is 20.1. The Kier molecular flexibility index (Phi) is 19.8. The lowest BCUT2D eigenvalue weighted by Gasteiger charge is -2.35. The molecule has 594 valence electrons. The number of anilines is 6. The predicted octanol–water partition coefficient (Wildman–Crippen LogP) is 31.9. The number of ether oxygens (including phenoxy) is 2. The van der Waals surface area contributed by atoms with Crippen LogP contribution < -0.4 is 19.3 Å². The first-order valence-corrected chi connectivity index (χ1v) is 43.4. The zero-order chi connectivity index (χ0) is 83.1. The summed E-state index contributed by atoms with van der Waals surface area (Å²) < 4.78 is 13.0. The Hall–Kier alpha value is -13.3. The highest BCUT2D eigenvalue weighted by Gasteiger charge is 2.49. The molecule has 16 aromatic carbocycles. The maximum Gasteiger partial charge on any atom is 0.127 e. The van der Waals surface area contributed by atoms with Crippen molar-refractivity contribution in [2.24, 2.45) is 0 Å². The first-order valence-electron chi connectivity index (χ1n) is 43.4. The Bertz CT molecular complexity index is 6530. The minimum atomic E-state index is -0.598. The van der Waals surface area contributed by atoms with Crippen LogP contribution in [0.25, 0.3) is 44.5 Å². The molecule has 0 amide bonds. The fourth-order valence-electron chi connectivity index (χ4n) is 20.1. The molecular formula is C117H104N2O2. The average molecular weight is 1570 g/mol. The van der Waals surface area contributed by atoms with Gasteiger partial charge in [0.15, 0.2) is 0 Å². The summed E-state index contributed by atoms with van der Waals surface area (Å²) in [4.78, 5) is 4.88. The number of fused-ring (bicyclic) bond motifs is 12. The van der Waals surface area contributed by atoms with Crippen molar-refractivity contribution in [3.8, 4) is 67.5 Å². The van der Waals surface area contributed by atoms with Gasteiger partial charge < -0.3 is 19.3 Å². The van der Waals surface area contributed by atoms with E-state index in [1.807, 2.05) is 0 Å². The van der Waals surface area contributed by atoms with Crippen LogP contribution in [-0.2, 0) is 27.1 Å². The van der Waals surface area contributed by atoms with E-state index in [1.54, 1.807) is 0 Å². The molecule has 0 saturated carbocycles. The van der Waals surface area contributed by atoms with Crippen molar-refractivity contribution in [1.82, 2.24) is 0 Å². The van der Waals surface area contributed by atoms with Crippen molar-refractivity contribution in [3.63, 3.8) is 0 Å². The van der Waals surface area contributed by atoms with Gasteiger partial charge in [0.2, 0.25) is 0 Å². The van der Waals surface area contributed by atoms with Crippen molar-refractivity contribution in [3.05, 3.63) is 465 Å². The zero-order valence-electron chi connectivity index (χ0n) is 71.6. The summed E-state index contributed by atoms with van der Waals surface area (Å²) in [5.41, 5.74) is 36.4. The standard InChI is InChI=1S/C60H55NO.C57H49NO/c1-8-40(2)41-22-32-48(33-23-41)62-49-34-28-44(29-35-49)60(43-26-24-42(25-27-43)58(3,4)5)55-21-15-13-19-51(55)53-37-31-47(39-57(53)60)61(45-16-10-9-11-17-45)46-30-36-52-50-18-12-14-20-54(50)59(6,7)56(52)38-46;1-6-39(3)40-22-30-46(31-23-40)59-47-32-26-42(27-33-47)57(41-24-20-38(2)21-25-41)53-19-13-11-17-49(53)51-35-29-45(37-55(51)57)58(43-14-8-7-9-15-43)44-28-34-50-48-16-10-12-18-52(48)56(4,5)54(50)36-44/h9-40H,8H2,1-7H3;7-37,39H,6H2,1-5H3. The smallest absolute Gasteiger partial charge is 0.127 e. The topological polar surface area (TPSA) is 24.9 Å². The van der Waals surface area contributed by atoms with Gasteiger partial charge in [0.25, 0.3) is 0 Å². The van der Waals surface area contributed by atoms with Crippen LogP contribution in [0.2, 0.25) is 0 Å². The molecule has 0 N–H and O–H groups in total. The molecule has 4 heteroatoms. The molecule has 20 rings (SSSR count). The first kappa shape index (κ1) is 77.6. The van der Waals surface area contributed by atoms with Crippen LogP contribution in [0.15, 0.2) is 376 Å². The second kappa shape index (κ2) is 30.8. The van der Waals surface area contributed by atoms with Gasteiger partial charge in [-0.2, -0.15) is 0 Å². The summed E-state index contributed by atoms with van der Waals surface area (Å²) in [5.74, 6) is 4.38. The zero-order valence-corrected chi connectivity index (χ0v) is 71.6. The molecule has 4 nitrogen and oxygen atoms in total. The van der Waals surface area contributed by atoms with E-state index in [0.29, 0.717) is 11.8 Å². The van der Waals surface area contributed by atoms with E-state index in [4.69, 9.17) is 9.47 Å². The number of nitrogens with zero attached hydrogens (tertiary/aromatic N) is 2. The van der Waals surface area contributed by atoms with Crippen LogP contribution in [0.3, 0.4) is 0 Å². The summed E-state index contributed by atoms with van der Waals surface area (Å²) in [6, 6.07) is 139. The van der Waals surface area contributed by atoms with Gasteiger partial charge in [0, 0.05) is 45.0 Å². The number of benzene rings is 16. The van der Waals surface area contributed by atoms with Gasteiger partial charge in [-0.05, 0) is 286 Å². The molecule has 16 aromatic rings. The monoisotopic (exact) mass is 1570 g/mol. The summed E-state index contributed by atoms with van der Waals surface area (Å²) in [6.45, 7) is 27.5. The molecule has 4 atom stereocenters. The molecule has 0 spiro atoms. The highest BCUT2D eigenvalue weighted by atomic mass is 16.5. The second-order valence-electron chi connectivity index (χ2n) is 35.9. The molecular weight excluding hydrogens is 1470 g/mol. The maximum atomic E-state index is 6.50. The van der Waals surface area contributed by atoms with Crippen molar-refractivity contribution in [2.45, 2.75) is 135 Å². The highest BCUT2D eigenvalue weighted by Crippen LogP contribution is 2.61. The van der Waals surface area contributed by atoms with Gasteiger partial charge in [-0.15, -0.1) is 0 Å². The predicted molar refractivity (Wildman–Crippen MR) is 506 cm³/mol. The molecule has 0 saturated heterocycles. The number of hydrogen-bond acceptors (Lipinski definition) is 4. The molecule has 4 unspecified atom stereocenters. The third-order valence-electron chi connectivity index (χ3n) is 27.1. The molecule has 0 radical (unpaired) electrons. The van der Waals surface area contributed by atoms with Gasteiger partial charge in [0.05, 0.1) is 10.8 Å². The van der Waals surface area contributed by atoms with E-state index in [1.165, 1.54) is 134 Å². The maximum absolute atomic E-state index is 6.50. The van der Waals surface area contributed by atoms with Crippen LogP contribution in [0.4, 0.5) is 34.1 Å². The van der Waals surface area contributed by atoms with Gasteiger partial charge in [-0.25, -0.2) is 0 Å². The Morgan fingerprint density at radius 2 is 0.529 bits per heavy atom. The lowest BCUT2D eigenvalue weighted by molar-refractivity contribution is 0.481. The van der Waals surface area contributed by atoms with Crippen LogP contribution in [0.5, 0.6) is 23.0 Å². The lowest BCUT2D eigenvalue weighted by Crippen LogP contribution is -2.29. The van der Waals surface area contributed by atoms with E-state index in [0.717, 1.165) is 70.0 Å². The number of aryl methyl sites for hydroxylation is 1. The van der Waals surface area contributed by atoms with Crippen molar-refractivity contribution >= 4 is 34.1 Å². The average Bonchev–Trinajstić information content (AvgIpc) is 1.54. The highest BCUT2D eigenvalue weighted by molar-refractivity contribution is 5.94. The molecule has 0 fully saturated rings. The second-order valence-corrected chi connectivity index (χ2v) is 35.9. The molecule has 0 aromatic heterocycles. The first-order chi connectivity index (χ1) is 58.7. The van der Waals surface area contributed by atoms with E-state index >= 15 is 0 Å². The molecule has 0 bridgehead atoms. The number of rotatable bonds is 18. The molecule has 0 heterocycles. The van der Waals surface area contributed by atoms with Crippen molar-refractivity contribution in [2.75, 3.05) is 9.80 Å². The summed E-state index contributed by atoms with van der Waals surface area (Å²) in [7, 11) is 0. The van der Waals surface area contributed by atoms with Crippen LogP contribution in [0.1, 0.15) is 190 Å². The van der Waals surface area contributed by atoms with Crippen molar-refractivity contribution < 1.29 is 9.47 Å². The van der Waals surface area contributed by atoms with E-state index in [2.05, 4.69) is 469 Å². The van der Waals surface area contributed by atoms with Gasteiger partial charge in [0.1, 0.15) is 23.0 Å². The van der Waals surface area contributed by atoms with Gasteiger partial charge >= 0.3 is 0 Å². The van der Waals surface area contributed by atoms with E-state index in [-0.39, 0.29) is 16.2 Å². The Morgan fingerprint density at radius 1 is 0.264 bits per heavy atom. The largest absolute Gasteiger partial charge is 0.457 e. The summed E-state index contributed by atoms with van der Waals surface area (Å²) in [5, 5.41) is 0. The molecule has 121 heavy (non-hydrogen) atoms. The molecule has 0 aliphatic heterocycles. The Balaban J connectivity index is 0.000000160. The van der Waals surface area contributed by atoms with Crippen LogP contribution in [-0.4, -0.2) is 0 Å². The fraction of sp³-hybridized carbons (Fsp3) is 0.179. The third-order valence-corrected chi connectivity index (χ3v) is 27.1. The molecule has 4 aliphatic carbocycles. The SMILES string of the molecule is CCC(C)c1ccc(Oc2ccc(C3(c4ccc(C(C)(C)C)cc4)c4ccccc4-c4ccc(N(c5ccccc5)c5ccc6c(c5)C(C)(C)c5ccccc5-6)cc43)cc2)cc1.CCC(C)c1ccc(Oc2ccc(C3(c4ccc(C)cc4)c4ccccc4-c4ccc(N(c5ccccc5)c5ccc6c(c5)C(C)(C)c5ccccc5-6)cc43)cc2)cc1. The third kappa shape index (κ3) is 13.3.